The molecule has 0 aliphatic heterocycles. The fourth-order valence-corrected chi connectivity index (χ4v) is 1.54. The maximum absolute atomic E-state index is 11.6. The SMILES string of the molecule is CCOC(=O)c1c(S)ccc(C#N)c1[N+](=O)[O-]. The lowest BCUT2D eigenvalue weighted by atomic mass is 10.1. The predicted octanol–water partition coefficient (Wildman–Crippen LogP) is 1.93. The maximum atomic E-state index is 11.6. The number of carbonyl (C=O) groups is 1. The van der Waals surface area contributed by atoms with Crippen LogP contribution in [0.15, 0.2) is 17.0 Å². The molecule has 17 heavy (non-hydrogen) atoms. The molecular weight excluding hydrogens is 244 g/mol. The number of nitro groups is 1. The van der Waals surface area contributed by atoms with Crippen LogP contribution in [0.25, 0.3) is 0 Å². The Morgan fingerprint density at radius 2 is 2.29 bits per heavy atom. The molecule has 0 N–H and O–H groups in total. The number of esters is 1. The zero-order chi connectivity index (χ0) is 13.0. The highest BCUT2D eigenvalue weighted by molar-refractivity contribution is 7.80. The molecule has 1 aromatic rings. The lowest BCUT2D eigenvalue weighted by Gasteiger charge is -2.06. The summed E-state index contributed by atoms with van der Waals surface area (Å²) in [6.07, 6.45) is 0. The van der Waals surface area contributed by atoms with E-state index in [1.165, 1.54) is 12.1 Å². The van der Waals surface area contributed by atoms with Gasteiger partial charge in [-0.3, -0.25) is 10.1 Å². The summed E-state index contributed by atoms with van der Waals surface area (Å²) in [4.78, 5) is 21.8. The van der Waals surface area contributed by atoms with E-state index in [1.54, 1.807) is 13.0 Å². The molecule has 6 nitrogen and oxygen atoms in total. The largest absolute Gasteiger partial charge is 0.462 e. The Morgan fingerprint density at radius 3 is 2.76 bits per heavy atom. The number of nitriles is 1. The van der Waals surface area contributed by atoms with E-state index in [1.807, 2.05) is 0 Å². The predicted molar refractivity (Wildman–Crippen MR) is 61.0 cm³/mol. The van der Waals surface area contributed by atoms with Gasteiger partial charge in [0, 0.05) is 4.90 Å². The number of thiol groups is 1. The zero-order valence-corrected chi connectivity index (χ0v) is 9.73. The van der Waals surface area contributed by atoms with Gasteiger partial charge in [-0.05, 0) is 19.1 Å². The first-order chi connectivity index (χ1) is 8.02. The van der Waals surface area contributed by atoms with Crippen LogP contribution in [-0.2, 0) is 4.74 Å². The minimum absolute atomic E-state index is 0.0833. The monoisotopic (exact) mass is 252 g/mol. The highest BCUT2D eigenvalue weighted by atomic mass is 32.1. The minimum atomic E-state index is -0.860. The van der Waals surface area contributed by atoms with Crippen LogP contribution in [0.4, 0.5) is 5.69 Å². The summed E-state index contributed by atoms with van der Waals surface area (Å²) in [5, 5.41) is 19.6. The average Bonchev–Trinajstić information content (AvgIpc) is 2.28. The Morgan fingerprint density at radius 1 is 1.65 bits per heavy atom. The summed E-state index contributed by atoms with van der Waals surface area (Å²) in [5.41, 5.74) is -1.06. The van der Waals surface area contributed by atoms with Gasteiger partial charge in [0.05, 0.1) is 11.5 Å². The normalized spacial score (nSPS) is 9.47. The molecule has 0 amide bonds. The summed E-state index contributed by atoms with van der Waals surface area (Å²) in [6, 6.07) is 4.25. The molecule has 0 aliphatic rings. The number of hydrogen-bond acceptors (Lipinski definition) is 6. The summed E-state index contributed by atoms with van der Waals surface area (Å²) < 4.78 is 4.70. The van der Waals surface area contributed by atoms with Crippen LogP contribution in [-0.4, -0.2) is 17.5 Å². The summed E-state index contributed by atoms with van der Waals surface area (Å²) in [5.74, 6) is -0.860. The molecule has 0 bridgehead atoms. The topological polar surface area (TPSA) is 93.2 Å². The first-order valence-corrected chi connectivity index (χ1v) is 5.05. The molecule has 88 valence electrons. The number of hydrogen-bond donors (Lipinski definition) is 1. The molecule has 0 saturated carbocycles. The van der Waals surface area contributed by atoms with Crippen molar-refractivity contribution in [2.75, 3.05) is 6.61 Å². The quantitative estimate of drug-likeness (QED) is 0.384. The van der Waals surface area contributed by atoms with Crippen LogP contribution in [0.3, 0.4) is 0 Å². The van der Waals surface area contributed by atoms with Gasteiger partial charge in [-0.25, -0.2) is 4.79 Å². The van der Waals surface area contributed by atoms with Crippen LogP contribution < -0.4 is 0 Å². The van der Waals surface area contributed by atoms with E-state index in [-0.39, 0.29) is 22.6 Å². The van der Waals surface area contributed by atoms with Gasteiger partial charge in [0.15, 0.2) is 5.56 Å². The Balaban J connectivity index is 3.51. The van der Waals surface area contributed by atoms with E-state index in [2.05, 4.69) is 12.6 Å². The van der Waals surface area contributed by atoms with Crippen molar-refractivity contribution in [3.05, 3.63) is 33.4 Å². The lowest BCUT2D eigenvalue weighted by Crippen LogP contribution is -2.10. The van der Waals surface area contributed by atoms with Crippen molar-refractivity contribution in [3.8, 4) is 6.07 Å². The maximum Gasteiger partial charge on any atom is 0.346 e. The molecule has 0 unspecified atom stereocenters. The number of ether oxygens (including phenoxy) is 1. The van der Waals surface area contributed by atoms with Gasteiger partial charge in [0.25, 0.3) is 0 Å². The summed E-state index contributed by atoms with van der Waals surface area (Å²) in [6.45, 7) is 1.66. The molecule has 0 aromatic heterocycles. The van der Waals surface area contributed by atoms with Crippen LogP contribution >= 0.6 is 12.6 Å². The average molecular weight is 252 g/mol. The van der Waals surface area contributed by atoms with E-state index in [9.17, 15) is 14.9 Å². The summed E-state index contributed by atoms with van der Waals surface area (Å²) in [7, 11) is 0. The van der Waals surface area contributed by atoms with Crippen LogP contribution in [0.1, 0.15) is 22.8 Å². The number of nitrogens with zero attached hydrogens (tertiary/aromatic N) is 2. The Bertz CT molecular complexity index is 522. The van der Waals surface area contributed by atoms with E-state index in [0.717, 1.165) is 0 Å². The number of nitro benzene ring substituents is 1. The van der Waals surface area contributed by atoms with Crippen molar-refractivity contribution in [1.29, 1.82) is 5.26 Å². The van der Waals surface area contributed by atoms with Crippen molar-refractivity contribution >= 4 is 24.3 Å². The third kappa shape index (κ3) is 2.54. The Labute approximate surface area is 102 Å². The fraction of sp³-hybridized carbons (Fsp3) is 0.200. The molecule has 7 heteroatoms. The van der Waals surface area contributed by atoms with Gasteiger partial charge in [-0.2, -0.15) is 5.26 Å². The molecule has 0 radical (unpaired) electrons. The first-order valence-electron chi connectivity index (χ1n) is 4.60. The van der Waals surface area contributed by atoms with E-state index in [4.69, 9.17) is 10.00 Å². The first kappa shape index (κ1) is 13.0. The number of benzene rings is 1. The molecule has 0 atom stereocenters. The number of carbonyl (C=O) groups excluding carboxylic acids is 1. The standard InChI is InChI=1S/C10H8N2O4S/c1-2-16-10(13)8-7(17)4-3-6(5-11)9(8)12(14)15/h3-4,17H,2H2,1H3. The molecule has 0 aliphatic carbocycles. The highest BCUT2D eigenvalue weighted by Gasteiger charge is 2.28. The third-order valence-electron chi connectivity index (χ3n) is 1.94. The van der Waals surface area contributed by atoms with Gasteiger partial charge in [-0.1, -0.05) is 0 Å². The highest BCUT2D eigenvalue weighted by Crippen LogP contribution is 2.29. The van der Waals surface area contributed by atoms with Crippen LogP contribution in [0.5, 0.6) is 0 Å². The lowest BCUT2D eigenvalue weighted by molar-refractivity contribution is -0.385. The molecule has 0 spiro atoms. The molecule has 0 heterocycles. The van der Waals surface area contributed by atoms with E-state index in [0.29, 0.717) is 0 Å². The van der Waals surface area contributed by atoms with Crippen molar-refractivity contribution in [3.63, 3.8) is 0 Å². The second kappa shape index (κ2) is 5.32. The Hall–Kier alpha value is -2.07. The smallest absolute Gasteiger partial charge is 0.346 e. The molecule has 0 saturated heterocycles. The van der Waals surface area contributed by atoms with Crippen molar-refractivity contribution in [1.82, 2.24) is 0 Å². The Kier molecular flexibility index (Phi) is 4.06. The van der Waals surface area contributed by atoms with E-state index < -0.39 is 16.6 Å². The second-order valence-corrected chi connectivity index (χ2v) is 3.43. The van der Waals surface area contributed by atoms with Gasteiger partial charge in [0.2, 0.25) is 0 Å². The number of rotatable bonds is 3. The summed E-state index contributed by atoms with van der Waals surface area (Å²) >= 11 is 3.97. The van der Waals surface area contributed by atoms with Crippen molar-refractivity contribution < 1.29 is 14.5 Å². The van der Waals surface area contributed by atoms with E-state index >= 15 is 0 Å². The third-order valence-corrected chi connectivity index (χ3v) is 2.31. The van der Waals surface area contributed by atoms with Gasteiger partial charge >= 0.3 is 11.7 Å². The zero-order valence-electron chi connectivity index (χ0n) is 8.84. The molecule has 1 rings (SSSR count). The van der Waals surface area contributed by atoms with Crippen LogP contribution in [0, 0.1) is 21.4 Å². The van der Waals surface area contributed by atoms with Gasteiger partial charge in [-0.15, -0.1) is 12.6 Å². The van der Waals surface area contributed by atoms with Crippen LogP contribution in [0.2, 0.25) is 0 Å². The van der Waals surface area contributed by atoms with Gasteiger partial charge < -0.3 is 4.74 Å². The second-order valence-electron chi connectivity index (χ2n) is 2.95. The molecular formula is C10H8N2O4S. The molecule has 1 aromatic carbocycles. The van der Waals surface area contributed by atoms with Crippen molar-refractivity contribution in [2.45, 2.75) is 11.8 Å². The minimum Gasteiger partial charge on any atom is -0.462 e. The fourth-order valence-electron chi connectivity index (χ4n) is 1.26. The molecule has 0 fully saturated rings. The van der Waals surface area contributed by atoms with Crippen molar-refractivity contribution in [2.24, 2.45) is 0 Å². The van der Waals surface area contributed by atoms with Gasteiger partial charge in [0.1, 0.15) is 11.6 Å².